The van der Waals surface area contributed by atoms with Crippen molar-refractivity contribution in [1.29, 1.82) is 0 Å². The van der Waals surface area contributed by atoms with E-state index in [1.54, 1.807) is 23.6 Å². The van der Waals surface area contributed by atoms with Crippen molar-refractivity contribution in [1.82, 2.24) is 4.98 Å². The van der Waals surface area contributed by atoms with Crippen molar-refractivity contribution in [3.05, 3.63) is 74.5 Å². The predicted octanol–water partition coefficient (Wildman–Crippen LogP) is 5.09. The van der Waals surface area contributed by atoms with Gasteiger partial charge in [0.2, 0.25) is 0 Å². The van der Waals surface area contributed by atoms with Crippen LogP contribution >= 0.6 is 22.9 Å². The van der Waals surface area contributed by atoms with Crippen LogP contribution in [0.25, 0.3) is 10.6 Å². The molecule has 3 rings (SSSR count). The van der Waals surface area contributed by atoms with Gasteiger partial charge in [-0.25, -0.2) is 9.37 Å². The molecule has 1 aromatic heterocycles. The summed E-state index contributed by atoms with van der Waals surface area (Å²) >= 11 is 7.27. The molecule has 0 saturated carbocycles. The van der Waals surface area contributed by atoms with Crippen molar-refractivity contribution in [2.24, 2.45) is 0 Å². The third-order valence-electron chi connectivity index (χ3n) is 3.16. The molecule has 0 aliphatic heterocycles. The zero-order valence-corrected chi connectivity index (χ0v) is 13.7. The lowest BCUT2D eigenvalue weighted by molar-refractivity contribution is -0.384. The van der Waals surface area contributed by atoms with E-state index in [-0.39, 0.29) is 23.1 Å². The zero-order valence-electron chi connectivity index (χ0n) is 12.1. The lowest BCUT2D eigenvalue weighted by Crippen LogP contribution is -1.97. The molecule has 0 unspecified atom stereocenters. The SMILES string of the molecule is O=[N+]([O-])c1ccc(OCc2csc(-c3ccccc3F)n2)c(Cl)c1. The standard InChI is InChI=1S/C16H10ClFN2O3S/c17-13-7-11(20(21)22)5-6-15(13)23-8-10-9-24-16(19-10)12-3-1-2-4-14(12)18/h1-7,9H,8H2. The molecule has 2 aromatic carbocycles. The first-order valence-corrected chi connectivity index (χ1v) is 8.06. The Labute approximate surface area is 145 Å². The molecule has 0 aliphatic rings. The maximum absolute atomic E-state index is 13.8. The molecular weight excluding hydrogens is 355 g/mol. The fraction of sp³-hybridized carbons (Fsp3) is 0.0625. The van der Waals surface area contributed by atoms with Gasteiger partial charge in [0.05, 0.1) is 15.6 Å². The first kappa shape index (κ1) is 16.4. The number of ether oxygens (including phenoxy) is 1. The molecule has 0 saturated heterocycles. The number of non-ortho nitro benzene ring substituents is 1. The van der Waals surface area contributed by atoms with Crippen LogP contribution in [0.5, 0.6) is 5.75 Å². The number of benzene rings is 2. The van der Waals surface area contributed by atoms with Crippen LogP contribution in [0, 0.1) is 15.9 Å². The van der Waals surface area contributed by atoms with Gasteiger partial charge in [0.1, 0.15) is 23.2 Å². The first-order valence-electron chi connectivity index (χ1n) is 6.80. The molecule has 0 spiro atoms. The summed E-state index contributed by atoms with van der Waals surface area (Å²) in [4.78, 5) is 14.5. The summed E-state index contributed by atoms with van der Waals surface area (Å²) in [5, 5.41) is 13.1. The van der Waals surface area contributed by atoms with E-state index in [0.29, 0.717) is 22.0 Å². The van der Waals surface area contributed by atoms with Crippen LogP contribution in [-0.2, 0) is 6.61 Å². The topological polar surface area (TPSA) is 65.3 Å². The minimum absolute atomic E-state index is 0.108. The van der Waals surface area contributed by atoms with Gasteiger partial charge in [-0.1, -0.05) is 23.7 Å². The Balaban J connectivity index is 1.72. The highest BCUT2D eigenvalue weighted by atomic mass is 35.5. The Hall–Kier alpha value is -2.51. The van der Waals surface area contributed by atoms with E-state index >= 15 is 0 Å². The van der Waals surface area contributed by atoms with Gasteiger partial charge in [-0.2, -0.15) is 0 Å². The number of aromatic nitrogens is 1. The average molecular weight is 365 g/mol. The molecule has 0 N–H and O–H groups in total. The van der Waals surface area contributed by atoms with Gasteiger partial charge in [-0.05, 0) is 18.2 Å². The number of rotatable bonds is 5. The number of nitrogens with zero attached hydrogens (tertiary/aromatic N) is 2. The molecular formula is C16H10ClFN2O3S. The maximum Gasteiger partial charge on any atom is 0.271 e. The van der Waals surface area contributed by atoms with Gasteiger partial charge in [-0.3, -0.25) is 10.1 Å². The van der Waals surface area contributed by atoms with Gasteiger partial charge in [-0.15, -0.1) is 11.3 Å². The van der Waals surface area contributed by atoms with Crippen molar-refractivity contribution in [2.75, 3.05) is 0 Å². The fourth-order valence-electron chi connectivity index (χ4n) is 2.00. The highest BCUT2D eigenvalue weighted by Gasteiger charge is 2.12. The molecule has 5 nitrogen and oxygen atoms in total. The van der Waals surface area contributed by atoms with E-state index in [9.17, 15) is 14.5 Å². The lowest BCUT2D eigenvalue weighted by atomic mass is 10.2. The van der Waals surface area contributed by atoms with Gasteiger partial charge in [0.25, 0.3) is 5.69 Å². The Morgan fingerprint density at radius 2 is 2.08 bits per heavy atom. The molecule has 0 amide bonds. The van der Waals surface area contributed by atoms with Gasteiger partial charge in [0.15, 0.2) is 0 Å². The van der Waals surface area contributed by atoms with Gasteiger partial charge >= 0.3 is 0 Å². The Kier molecular flexibility index (Phi) is 4.73. The molecule has 24 heavy (non-hydrogen) atoms. The number of hydrogen-bond donors (Lipinski definition) is 0. The zero-order chi connectivity index (χ0) is 17.1. The largest absolute Gasteiger partial charge is 0.486 e. The van der Waals surface area contributed by atoms with Crippen molar-refractivity contribution in [3.8, 4) is 16.3 Å². The van der Waals surface area contributed by atoms with Crippen molar-refractivity contribution >= 4 is 28.6 Å². The van der Waals surface area contributed by atoms with Gasteiger partial charge in [0, 0.05) is 23.1 Å². The Morgan fingerprint density at radius 1 is 1.29 bits per heavy atom. The van der Waals surface area contributed by atoms with Gasteiger partial charge < -0.3 is 4.74 Å². The van der Waals surface area contributed by atoms with E-state index in [1.165, 1.54) is 35.6 Å². The van der Waals surface area contributed by atoms with E-state index in [0.717, 1.165) is 0 Å². The number of nitro benzene ring substituents is 1. The molecule has 0 radical (unpaired) electrons. The molecule has 1 heterocycles. The number of hydrogen-bond acceptors (Lipinski definition) is 5. The summed E-state index contributed by atoms with van der Waals surface area (Å²) < 4.78 is 19.3. The second-order valence-electron chi connectivity index (χ2n) is 4.78. The van der Waals surface area contributed by atoms with Crippen LogP contribution in [0.3, 0.4) is 0 Å². The Bertz CT molecular complexity index is 901. The number of thiazole rings is 1. The third kappa shape index (κ3) is 3.52. The summed E-state index contributed by atoms with van der Waals surface area (Å²) in [5.74, 6) is -0.0135. The van der Waals surface area contributed by atoms with E-state index < -0.39 is 4.92 Å². The van der Waals surface area contributed by atoms with Crippen LogP contribution < -0.4 is 4.74 Å². The summed E-state index contributed by atoms with van der Waals surface area (Å²) in [6, 6.07) is 10.4. The second kappa shape index (κ2) is 6.94. The molecule has 3 aromatic rings. The lowest BCUT2D eigenvalue weighted by Gasteiger charge is -2.06. The molecule has 0 bridgehead atoms. The van der Waals surface area contributed by atoms with Crippen molar-refractivity contribution < 1.29 is 14.1 Å². The molecule has 0 fully saturated rings. The van der Waals surface area contributed by atoms with Crippen molar-refractivity contribution in [3.63, 3.8) is 0 Å². The van der Waals surface area contributed by atoms with Crippen molar-refractivity contribution in [2.45, 2.75) is 6.61 Å². The van der Waals surface area contributed by atoms with E-state index in [4.69, 9.17) is 16.3 Å². The second-order valence-corrected chi connectivity index (χ2v) is 6.05. The van der Waals surface area contributed by atoms with Crippen LogP contribution in [-0.4, -0.2) is 9.91 Å². The summed E-state index contributed by atoms with van der Waals surface area (Å²) in [7, 11) is 0. The predicted molar refractivity (Wildman–Crippen MR) is 89.9 cm³/mol. The van der Waals surface area contributed by atoms with E-state index in [2.05, 4.69) is 4.98 Å². The smallest absolute Gasteiger partial charge is 0.271 e. The number of halogens is 2. The summed E-state index contributed by atoms with van der Waals surface area (Å²) in [5.41, 5.74) is 0.942. The monoisotopic (exact) mass is 364 g/mol. The quantitative estimate of drug-likeness (QED) is 0.467. The highest BCUT2D eigenvalue weighted by Crippen LogP contribution is 2.30. The van der Waals surface area contributed by atoms with Crippen LogP contribution in [0.4, 0.5) is 10.1 Å². The molecule has 0 atom stereocenters. The van der Waals surface area contributed by atoms with E-state index in [1.807, 2.05) is 0 Å². The average Bonchev–Trinajstić information content (AvgIpc) is 3.02. The Morgan fingerprint density at radius 3 is 2.79 bits per heavy atom. The third-order valence-corrected chi connectivity index (χ3v) is 4.38. The molecule has 122 valence electrons. The molecule has 0 aliphatic carbocycles. The van der Waals surface area contributed by atoms with Crippen LogP contribution in [0.2, 0.25) is 5.02 Å². The normalized spacial score (nSPS) is 10.6. The summed E-state index contributed by atoms with van der Waals surface area (Å²) in [6.45, 7) is 0.127. The van der Waals surface area contributed by atoms with Crippen LogP contribution in [0.1, 0.15) is 5.69 Å². The fourth-order valence-corrected chi connectivity index (χ4v) is 3.06. The van der Waals surface area contributed by atoms with Crippen LogP contribution in [0.15, 0.2) is 47.8 Å². The number of nitro groups is 1. The minimum atomic E-state index is -0.531. The maximum atomic E-state index is 13.8. The molecule has 8 heteroatoms. The first-order chi connectivity index (χ1) is 11.5. The minimum Gasteiger partial charge on any atom is -0.486 e. The summed E-state index contributed by atoms with van der Waals surface area (Å²) in [6.07, 6.45) is 0. The highest BCUT2D eigenvalue weighted by molar-refractivity contribution is 7.13.